The molecule has 1 nitrogen and oxygen atoms in total. The third-order valence-electron chi connectivity index (χ3n) is 3.48. The lowest BCUT2D eigenvalue weighted by Gasteiger charge is -2.07. The molecule has 0 aromatic carbocycles. The average molecular weight is 210 g/mol. The van der Waals surface area contributed by atoms with Crippen molar-refractivity contribution >= 4 is 14.1 Å². The third-order valence-corrected chi connectivity index (χ3v) is 7.12. The molecule has 0 amide bonds. The highest BCUT2D eigenvalue weighted by Gasteiger charge is 2.27. The van der Waals surface area contributed by atoms with Gasteiger partial charge in [-0.2, -0.15) is 0 Å². The largest absolute Gasteiger partial charge is 0.392 e. The van der Waals surface area contributed by atoms with E-state index in [9.17, 15) is 0 Å². The van der Waals surface area contributed by atoms with Crippen LogP contribution in [0.1, 0.15) is 32.6 Å². The predicted molar refractivity (Wildman–Crippen MR) is 64.0 cm³/mol. The fourth-order valence-electron chi connectivity index (χ4n) is 2.53. The van der Waals surface area contributed by atoms with Gasteiger partial charge in [-0.3, -0.25) is 0 Å². The summed E-state index contributed by atoms with van der Waals surface area (Å²) in [6.07, 6.45) is 9.41. The molecule has 0 bridgehead atoms. The first-order valence-corrected chi connectivity index (χ1v) is 8.57. The van der Waals surface area contributed by atoms with E-state index in [4.69, 9.17) is 5.11 Å². The molecule has 0 aromatic rings. The molecule has 1 unspecified atom stereocenters. The van der Waals surface area contributed by atoms with Crippen LogP contribution in [0.25, 0.3) is 0 Å². The van der Waals surface area contributed by atoms with Gasteiger partial charge in [0.05, 0.1) is 6.61 Å². The number of unbranched alkanes of at least 4 members (excludes halogenated alkanes) is 1. The Morgan fingerprint density at radius 3 is 2.93 bits per heavy atom. The standard InChI is InChI=1S/C10H18O.C2H5.Al/c1-3-10(2)8-6-4-5-7-9-11;1-2;/h5,7,10-11H,1-4,6,8-9H2;1H2,2H3;/b7-5+;;. The van der Waals surface area contributed by atoms with Gasteiger partial charge in [-0.25, -0.2) is 0 Å². The zero-order chi connectivity index (χ0) is 10.2. The van der Waals surface area contributed by atoms with Gasteiger partial charge in [0, 0.05) is 0 Å². The van der Waals surface area contributed by atoms with Crippen molar-refractivity contribution < 1.29 is 5.11 Å². The number of hydrogen-bond donors (Lipinski definition) is 1. The Morgan fingerprint density at radius 1 is 1.43 bits per heavy atom. The molecule has 14 heavy (non-hydrogen) atoms. The first-order valence-electron chi connectivity index (χ1n) is 6.12. The van der Waals surface area contributed by atoms with Crippen molar-refractivity contribution in [2.75, 3.05) is 6.61 Å². The molecule has 1 saturated heterocycles. The second-order valence-corrected chi connectivity index (χ2v) is 8.14. The number of allylic oxidation sites excluding steroid dienone is 1. The molecular formula is C12H23AlO. The Kier molecular flexibility index (Phi) is 6.60. The number of hydrogen-bond acceptors (Lipinski definition) is 1. The minimum absolute atomic E-state index is 0.203. The van der Waals surface area contributed by atoms with Crippen LogP contribution in [0.5, 0.6) is 0 Å². The number of aliphatic hydroxyl groups excluding tert-OH is 1. The van der Waals surface area contributed by atoms with Gasteiger partial charge in [0.2, 0.25) is 0 Å². The van der Waals surface area contributed by atoms with E-state index >= 15 is 0 Å². The van der Waals surface area contributed by atoms with E-state index < -0.39 is 0 Å². The monoisotopic (exact) mass is 210 g/mol. The van der Waals surface area contributed by atoms with Gasteiger partial charge in [0.25, 0.3) is 14.1 Å². The highest BCUT2D eigenvalue weighted by Crippen LogP contribution is 2.32. The topological polar surface area (TPSA) is 20.2 Å². The molecule has 1 atom stereocenters. The highest BCUT2D eigenvalue weighted by molar-refractivity contribution is 6.59. The summed E-state index contributed by atoms with van der Waals surface area (Å²) in [5, 5.41) is 13.3. The van der Waals surface area contributed by atoms with Crippen LogP contribution in [0.2, 0.25) is 15.8 Å². The molecule has 2 heteroatoms. The van der Waals surface area contributed by atoms with Crippen LogP contribution in [0.4, 0.5) is 0 Å². The number of rotatable bonds is 6. The van der Waals surface area contributed by atoms with Gasteiger partial charge in [-0.05, 0) is 12.8 Å². The Balaban J connectivity index is 2.00. The molecule has 1 heterocycles. The maximum absolute atomic E-state index is 8.56. The van der Waals surface area contributed by atoms with Crippen molar-refractivity contribution in [3.63, 3.8) is 0 Å². The molecule has 0 aliphatic carbocycles. The van der Waals surface area contributed by atoms with Crippen molar-refractivity contribution in [3.8, 4) is 0 Å². The molecular weight excluding hydrogens is 187 g/mol. The molecule has 1 N–H and O–H groups in total. The highest BCUT2D eigenvalue weighted by atomic mass is 27.2. The first kappa shape index (κ1) is 12.3. The summed E-state index contributed by atoms with van der Waals surface area (Å²) in [5.41, 5.74) is 0. The van der Waals surface area contributed by atoms with Crippen molar-refractivity contribution in [1.29, 1.82) is 0 Å². The number of aliphatic hydroxyl groups is 1. The summed E-state index contributed by atoms with van der Waals surface area (Å²) in [5.74, 6) is 1.06. The summed E-state index contributed by atoms with van der Waals surface area (Å²) in [6, 6.07) is 0. The summed E-state index contributed by atoms with van der Waals surface area (Å²) in [7, 11) is 0. The molecule has 1 fully saturated rings. The fraction of sp³-hybridized carbons (Fsp3) is 0.833. The Bertz CT molecular complexity index is 168. The smallest absolute Gasteiger partial charge is 0.261 e. The van der Waals surface area contributed by atoms with E-state index in [2.05, 4.69) is 13.0 Å². The third kappa shape index (κ3) is 4.64. The van der Waals surface area contributed by atoms with Gasteiger partial charge in [0.15, 0.2) is 0 Å². The lowest BCUT2D eigenvalue weighted by Crippen LogP contribution is -2.04. The van der Waals surface area contributed by atoms with Gasteiger partial charge in [0.1, 0.15) is 0 Å². The lowest BCUT2D eigenvalue weighted by molar-refractivity contribution is 0.342. The molecule has 1 rings (SSSR count). The summed E-state index contributed by atoms with van der Waals surface area (Å²) < 4.78 is 0. The van der Waals surface area contributed by atoms with Crippen LogP contribution >= 0.6 is 0 Å². The lowest BCUT2D eigenvalue weighted by atomic mass is 10.0. The summed E-state index contributed by atoms with van der Waals surface area (Å²) in [4.78, 5) is 0. The zero-order valence-corrected chi connectivity index (χ0v) is 10.6. The van der Waals surface area contributed by atoms with Crippen molar-refractivity contribution in [3.05, 3.63) is 12.2 Å². The van der Waals surface area contributed by atoms with Crippen LogP contribution < -0.4 is 0 Å². The van der Waals surface area contributed by atoms with Crippen molar-refractivity contribution in [1.82, 2.24) is 0 Å². The molecule has 0 radical (unpaired) electrons. The van der Waals surface area contributed by atoms with E-state index in [1.54, 1.807) is 10.6 Å². The zero-order valence-electron chi connectivity index (χ0n) is 9.41. The normalized spacial score (nSPS) is 22.4. The van der Waals surface area contributed by atoms with Gasteiger partial charge in [-0.15, -0.1) is 0 Å². The van der Waals surface area contributed by atoms with Gasteiger partial charge in [-0.1, -0.05) is 53.7 Å². The summed E-state index contributed by atoms with van der Waals surface area (Å²) >= 11 is -0.241. The van der Waals surface area contributed by atoms with Crippen LogP contribution in [0, 0.1) is 5.92 Å². The molecule has 1 aliphatic rings. The Labute approximate surface area is 92.6 Å². The maximum Gasteiger partial charge on any atom is 0.261 e. The summed E-state index contributed by atoms with van der Waals surface area (Å²) in [6.45, 7) is 2.58. The van der Waals surface area contributed by atoms with Crippen molar-refractivity contribution in [2.24, 2.45) is 5.92 Å². The van der Waals surface area contributed by atoms with E-state index in [1.165, 1.54) is 24.5 Å². The van der Waals surface area contributed by atoms with E-state index in [-0.39, 0.29) is 20.8 Å². The Hall–Kier alpha value is 0.232. The molecule has 0 aromatic heterocycles. The van der Waals surface area contributed by atoms with E-state index in [1.807, 2.05) is 6.08 Å². The second-order valence-electron chi connectivity index (χ2n) is 4.54. The minimum atomic E-state index is -0.241. The SMILES string of the molecule is C[CH2][Al]1[CH2]CC(CCC/C=C/CO)[CH2]1. The second kappa shape index (κ2) is 7.51. The molecule has 0 spiro atoms. The molecule has 80 valence electrons. The fourth-order valence-corrected chi connectivity index (χ4v) is 5.86. The quantitative estimate of drug-likeness (QED) is 0.405. The van der Waals surface area contributed by atoms with Crippen LogP contribution in [0.3, 0.4) is 0 Å². The maximum atomic E-state index is 8.56. The van der Waals surface area contributed by atoms with Gasteiger partial charge < -0.3 is 5.11 Å². The van der Waals surface area contributed by atoms with Crippen LogP contribution in [-0.2, 0) is 0 Å². The average Bonchev–Trinajstić information content (AvgIpc) is 2.65. The van der Waals surface area contributed by atoms with Gasteiger partial charge >= 0.3 is 0 Å². The predicted octanol–water partition coefficient (Wildman–Crippen LogP) is 3.24. The van der Waals surface area contributed by atoms with Crippen LogP contribution in [-0.4, -0.2) is 25.9 Å². The first-order chi connectivity index (χ1) is 6.86. The van der Waals surface area contributed by atoms with Crippen molar-refractivity contribution in [2.45, 2.75) is 48.5 Å². The molecule has 0 saturated carbocycles. The van der Waals surface area contributed by atoms with E-state index in [0.717, 1.165) is 12.3 Å². The Morgan fingerprint density at radius 2 is 2.29 bits per heavy atom. The van der Waals surface area contributed by atoms with Crippen LogP contribution in [0.15, 0.2) is 12.2 Å². The molecule has 1 aliphatic heterocycles. The van der Waals surface area contributed by atoms with E-state index in [0.29, 0.717) is 0 Å². The minimum Gasteiger partial charge on any atom is -0.392 e.